The zero-order valence-corrected chi connectivity index (χ0v) is 13.8. The number of carbonyl (C=O) groups is 2. The van der Waals surface area contributed by atoms with Gasteiger partial charge in [0, 0.05) is 22.4 Å². The van der Waals surface area contributed by atoms with Gasteiger partial charge >= 0.3 is 5.97 Å². The lowest BCUT2D eigenvalue weighted by molar-refractivity contribution is -0.110. The summed E-state index contributed by atoms with van der Waals surface area (Å²) in [6, 6.07) is 9.58. The molecule has 6 nitrogen and oxygen atoms in total. The Labute approximate surface area is 144 Å². The van der Waals surface area contributed by atoms with Crippen LogP contribution in [0.4, 0.5) is 5.69 Å². The number of amides is 1. The van der Waals surface area contributed by atoms with E-state index in [-0.39, 0.29) is 11.7 Å². The molecule has 0 spiro atoms. The Morgan fingerprint density at radius 2 is 2.04 bits per heavy atom. The molecule has 6 heteroatoms. The Kier molecular flexibility index (Phi) is 4.43. The number of nitrogens with one attached hydrogen (secondary N) is 1. The molecule has 2 N–H and O–H groups in total. The number of rotatable bonds is 4. The molecule has 0 saturated heterocycles. The number of hydrogen-bond donors (Lipinski definition) is 2. The molecule has 0 aromatic heterocycles. The number of fused-ring (bicyclic) bond motifs is 1. The van der Waals surface area contributed by atoms with E-state index in [4.69, 9.17) is 9.47 Å². The van der Waals surface area contributed by atoms with Gasteiger partial charge in [-0.25, -0.2) is 4.79 Å². The number of esters is 1. The SMILES string of the molecule is CCOc1ccc(O)cc1/C=C1/C(=O)Nc2cc(C(=O)OC)ccc21. The van der Waals surface area contributed by atoms with Gasteiger partial charge in [0.1, 0.15) is 11.5 Å². The van der Waals surface area contributed by atoms with Crippen LogP contribution in [0.2, 0.25) is 0 Å². The predicted molar refractivity (Wildman–Crippen MR) is 93.6 cm³/mol. The van der Waals surface area contributed by atoms with Gasteiger partial charge in [0.05, 0.1) is 19.3 Å². The smallest absolute Gasteiger partial charge is 0.337 e. The van der Waals surface area contributed by atoms with Crippen molar-refractivity contribution in [3.63, 3.8) is 0 Å². The largest absolute Gasteiger partial charge is 0.508 e. The van der Waals surface area contributed by atoms with Crippen LogP contribution in [-0.4, -0.2) is 30.7 Å². The molecule has 1 aliphatic rings. The topological polar surface area (TPSA) is 84.9 Å². The molecule has 2 aromatic carbocycles. The molecule has 0 unspecified atom stereocenters. The number of aromatic hydroxyl groups is 1. The zero-order valence-electron chi connectivity index (χ0n) is 13.8. The number of phenolic OH excluding ortho intramolecular Hbond substituents is 1. The number of ether oxygens (including phenoxy) is 2. The van der Waals surface area contributed by atoms with Crippen LogP contribution in [0.1, 0.15) is 28.4 Å². The van der Waals surface area contributed by atoms with Gasteiger partial charge in [0.25, 0.3) is 5.91 Å². The van der Waals surface area contributed by atoms with Gasteiger partial charge in [-0.3, -0.25) is 4.79 Å². The maximum Gasteiger partial charge on any atom is 0.337 e. The van der Waals surface area contributed by atoms with Crippen LogP contribution < -0.4 is 10.1 Å². The van der Waals surface area contributed by atoms with Crippen molar-refractivity contribution in [3.05, 3.63) is 53.1 Å². The van der Waals surface area contributed by atoms with Crippen LogP contribution in [0.5, 0.6) is 11.5 Å². The van der Waals surface area contributed by atoms with E-state index >= 15 is 0 Å². The van der Waals surface area contributed by atoms with Crippen LogP contribution in [-0.2, 0) is 9.53 Å². The Morgan fingerprint density at radius 3 is 2.76 bits per heavy atom. The lowest BCUT2D eigenvalue weighted by Crippen LogP contribution is -2.04. The summed E-state index contributed by atoms with van der Waals surface area (Å²) in [6.07, 6.45) is 1.66. The maximum atomic E-state index is 12.3. The van der Waals surface area contributed by atoms with Gasteiger partial charge in [-0.15, -0.1) is 0 Å². The van der Waals surface area contributed by atoms with Gasteiger partial charge in [-0.2, -0.15) is 0 Å². The third-order valence-electron chi connectivity index (χ3n) is 3.82. The fraction of sp³-hybridized carbons (Fsp3) is 0.158. The van der Waals surface area contributed by atoms with Gasteiger partial charge < -0.3 is 19.9 Å². The van der Waals surface area contributed by atoms with Crippen molar-refractivity contribution in [1.29, 1.82) is 0 Å². The number of hydrogen-bond acceptors (Lipinski definition) is 5. The summed E-state index contributed by atoms with van der Waals surface area (Å²) in [4.78, 5) is 24.0. The van der Waals surface area contributed by atoms with Crippen LogP contribution in [0.25, 0.3) is 11.6 Å². The molecule has 0 fully saturated rings. The van der Waals surface area contributed by atoms with E-state index in [1.54, 1.807) is 30.3 Å². The third kappa shape index (κ3) is 3.19. The van der Waals surface area contributed by atoms with Crippen molar-refractivity contribution in [2.24, 2.45) is 0 Å². The summed E-state index contributed by atoms with van der Waals surface area (Å²) in [5, 5.41) is 12.5. The second-order valence-corrected chi connectivity index (χ2v) is 5.42. The highest BCUT2D eigenvalue weighted by atomic mass is 16.5. The maximum absolute atomic E-state index is 12.3. The Bertz CT molecular complexity index is 885. The molecule has 1 amide bonds. The molecule has 2 aromatic rings. The zero-order chi connectivity index (χ0) is 18.0. The number of phenols is 1. The Hall–Kier alpha value is -3.28. The van der Waals surface area contributed by atoms with Crippen molar-refractivity contribution in [2.45, 2.75) is 6.92 Å². The predicted octanol–water partition coefficient (Wildman–Crippen LogP) is 3.07. The lowest BCUT2D eigenvalue weighted by atomic mass is 10.0. The summed E-state index contributed by atoms with van der Waals surface area (Å²) in [7, 11) is 1.30. The van der Waals surface area contributed by atoms with Crippen molar-refractivity contribution in [2.75, 3.05) is 19.0 Å². The summed E-state index contributed by atoms with van der Waals surface area (Å²) in [5.74, 6) is -0.112. The molecule has 3 rings (SSSR count). The van der Waals surface area contributed by atoms with Crippen molar-refractivity contribution < 1.29 is 24.2 Å². The van der Waals surface area contributed by atoms with E-state index < -0.39 is 5.97 Å². The third-order valence-corrected chi connectivity index (χ3v) is 3.82. The second-order valence-electron chi connectivity index (χ2n) is 5.42. The highest BCUT2D eigenvalue weighted by Crippen LogP contribution is 2.36. The van der Waals surface area contributed by atoms with Gasteiger partial charge in [-0.05, 0) is 43.3 Å². The monoisotopic (exact) mass is 339 g/mol. The molecule has 0 aliphatic carbocycles. The van der Waals surface area contributed by atoms with Gasteiger partial charge in [-0.1, -0.05) is 6.07 Å². The summed E-state index contributed by atoms with van der Waals surface area (Å²) in [6.45, 7) is 2.32. The first kappa shape index (κ1) is 16.6. The minimum absolute atomic E-state index is 0.0787. The van der Waals surface area contributed by atoms with E-state index in [1.807, 2.05) is 6.92 Å². The van der Waals surface area contributed by atoms with Crippen LogP contribution in [0, 0.1) is 0 Å². The van der Waals surface area contributed by atoms with Crippen LogP contribution in [0.15, 0.2) is 36.4 Å². The van der Waals surface area contributed by atoms with Crippen LogP contribution >= 0.6 is 0 Å². The Balaban J connectivity index is 2.06. The first-order valence-electron chi connectivity index (χ1n) is 7.75. The van der Waals surface area contributed by atoms with E-state index in [0.717, 1.165) is 0 Å². The molecule has 1 heterocycles. The first-order valence-corrected chi connectivity index (χ1v) is 7.75. The molecule has 0 saturated carbocycles. The highest BCUT2D eigenvalue weighted by Gasteiger charge is 2.25. The van der Waals surface area contributed by atoms with E-state index in [0.29, 0.717) is 40.3 Å². The molecule has 25 heavy (non-hydrogen) atoms. The summed E-state index contributed by atoms with van der Waals surface area (Å²) in [5.41, 5.74) is 2.59. The van der Waals surface area contributed by atoms with Crippen molar-refractivity contribution in [3.8, 4) is 11.5 Å². The van der Waals surface area contributed by atoms with Crippen molar-refractivity contribution in [1.82, 2.24) is 0 Å². The number of benzene rings is 2. The molecule has 0 radical (unpaired) electrons. The first-order chi connectivity index (χ1) is 12.0. The minimum Gasteiger partial charge on any atom is -0.508 e. The molecule has 0 atom stereocenters. The molecule has 1 aliphatic heterocycles. The second kappa shape index (κ2) is 6.68. The molecular weight excluding hydrogens is 322 g/mol. The normalized spacial score (nSPS) is 14.2. The quantitative estimate of drug-likeness (QED) is 0.660. The molecule has 0 bridgehead atoms. The average Bonchev–Trinajstić information content (AvgIpc) is 2.91. The van der Waals surface area contributed by atoms with Crippen LogP contribution in [0.3, 0.4) is 0 Å². The number of anilines is 1. The fourth-order valence-corrected chi connectivity index (χ4v) is 2.67. The van der Waals surface area contributed by atoms with Gasteiger partial charge in [0.15, 0.2) is 0 Å². The van der Waals surface area contributed by atoms with E-state index in [1.165, 1.54) is 19.2 Å². The highest BCUT2D eigenvalue weighted by molar-refractivity contribution is 6.35. The minimum atomic E-state index is -0.471. The molecular formula is C19H17NO5. The number of carbonyl (C=O) groups excluding carboxylic acids is 2. The number of methoxy groups -OCH3 is 1. The van der Waals surface area contributed by atoms with Crippen molar-refractivity contribution >= 4 is 29.2 Å². The average molecular weight is 339 g/mol. The summed E-state index contributed by atoms with van der Waals surface area (Å²) >= 11 is 0. The summed E-state index contributed by atoms with van der Waals surface area (Å²) < 4.78 is 10.2. The van der Waals surface area contributed by atoms with Gasteiger partial charge in [0.2, 0.25) is 0 Å². The van der Waals surface area contributed by atoms with E-state index in [9.17, 15) is 14.7 Å². The fourth-order valence-electron chi connectivity index (χ4n) is 2.67. The molecule has 128 valence electrons. The lowest BCUT2D eigenvalue weighted by Gasteiger charge is -2.08. The standard InChI is InChI=1S/C19H17NO5/c1-3-25-17-7-5-13(21)8-12(17)9-15-14-6-4-11(19(23)24-2)10-16(14)20-18(15)22/h4-10,21H,3H2,1-2H3,(H,20,22)/b15-9+. The Morgan fingerprint density at radius 1 is 1.24 bits per heavy atom. The van der Waals surface area contributed by atoms with E-state index in [2.05, 4.69) is 5.32 Å².